The van der Waals surface area contributed by atoms with Gasteiger partial charge in [0.1, 0.15) is 4.88 Å². The molecule has 7 heteroatoms. The molecule has 19 heavy (non-hydrogen) atoms. The second kappa shape index (κ2) is 4.56. The third kappa shape index (κ3) is 2.27. The van der Waals surface area contributed by atoms with Crippen molar-refractivity contribution in [3.05, 3.63) is 39.5 Å². The Kier molecular flexibility index (Phi) is 2.88. The Morgan fingerprint density at radius 3 is 3.00 bits per heavy atom. The SMILES string of the molecule is Nc1ccc2nc(NC(=O)c3sccc3Cl)[nH]c2c1. The molecule has 0 saturated carbocycles. The fraction of sp³-hybridized carbons (Fsp3) is 0. The molecular formula is C12H9ClN4OS. The van der Waals surface area contributed by atoms with Crippen molar-refractivity contribution in [2.45, 2.75) is 0 Å². The van der Waals surface area contributed by atoms with Gasteiger partial charge in [0, 0.05) is 5.69 Å². The average molecular weight is 293 g/mol. The molecule has 1 amide bonds. The van der Waals surface area contributed by atoms with Gasteiger partial charge in [-0.15, -0.1) is 11.3 Å². The van der Waals surface area contributed by atoms with Crippen LogP contribution in [0.25, 0.3) is 11.0 Å². The van der Waals surface area contributed by atoms with Crippen LogP contribution < -0.4 is 11.1 Å². The Morgan fingerprint density at radius 1 is 1.42 bits per heavy atom. The lowest BCUT2D eigenvalue weighted by molar-refractivity contribution is 0.103. The quantitative estimate of drug-likeness (QED) is 0.635. The number of hydrogen-bond donors (Lipinski definition) is 3. The van der Waals surface area contributed by atoms with Crippen molar-refractivity contribution in [2.75, 3.05) is 11.1 Å². The van der Waals surface area contributed by atoms with Crippen LogP contribution in [0.2, 0.25) is 5.02 Å². The molecule has 3 rings (SSSR count). The van der Waals surface area contributed by atoms with Crippen LogP contribution in [0.1, 0.15) is 9.67 Å². The Balaban J connectivity index is 1.89. The highest BCUT2D eigenvalue weighted by Gasteiger charge is 2.13. The molecule has 0 saturated heterocycles. The summed E-state index contributed by atoms with van der Waals surface area (Å²) in [7, 11) is 0. The lowest BCUT2D eigenvalue weighted by Crippen LogP contribution is -2.11. The molecule has 2 aromatic heterocycles. The molecule has 0 radical (unpaired) electrons. The van der Waals surface area contributed by atoms with Crippen LogP contribution in [0.4, 0.5) is 11.6 Å². The van der Waals surface area contributed by atoms with Gasteiger partial charge in [-0.3, -0.25) is 10.1 Å². The minimum absolute atomic E-state index is 0.285. The number of thiophene rings is 1. The lowest BCUT2D eigenvalue weighted by atomic mass is 10.3. The normalized spacial score (nSPS) is 10.8. The van der Waals surface area contributed by atoms with E-state index in [1.165, 1.54) is 11.3 Å². The van der Waals surface area contributed by atoms with Gasteiger partial charge in [-0.2, -0.15) is 0 Å². The molecule has 1 aromatic carbocycles. The minimum Gasteiger partial charge on any atom is -0.399 e. The molecule has 0 unspecified atom stereocenters. The van der Waals surface area contributed by atoms with Crippen molar-refractivity contribution in [1.82, 2.24) is 9.97 Å². The number of fused-ring (bicyclic) bond motifs is 1. The maximum absolute atomic E-state index is 12.0. The van der Waals surface area contributed by atoms with E-state index in [0.29, 0.717) is 21.5 Å². The van der Waals surface area contributed by atoms with Gasteiger partial charge in [0.15, 0.2) is 0 Å². The third-order valence-electron chi connectivity index (χ3n) is 2.56. The number of nitrogens with zero attached hydrogens (tertiary/aromatic N) is 1. The molecule has 0 aliphatic heterocycles. The highest BCUT2D eigenvalue weighted by atomic mass is 35.5. The van der Waals surface area contributed by atoms with Crippen LogP contribution in [0, 0.1) is 0 Å². The number of rotatable bonds is 2. The van der Waals surface area contributed by atoms with Gasteiger partial charge < -0.3 is 10.7 Å². The van der Waals surface area contributed by atoms with Crippen molar-refractivity contribution < 1.29 is 4.79 Å². The van der Waals surface area contributed by atoms with Crippen molar-refractivity contribution in [3.8, 4) is 0 Å². The molecule has 0 bridgehead atoms. The molecule has 2 heterocycles. The second-order valence-corrected chi connectivity index (χ2v) is 5.24. The van der Waals surface area contributed by atoms with Crippen molar-refractivity contribution >= 4 is 51.5 Å². The first-order valence-corrected chi connectivity index (χ1v) is 6.69. The fourth-order valence-corrected chi connectivity index (χ4v) is 2.74. The van der Waals surface area contributed by atoms with Gasteiger partial charge in [0.2, 0.25) is 5.95 Å². The molecular weight excluding hydrogens is 284 g/mol. The summed E-state index contributed by atoms with van der Waals surface area (Å²) in [5, 5.41) is 4.87. The number of anilines is 2. The molecule has 0 aliphatic carbocycles. The van der Waals surface area contributed by atoms with Gasteiger partial charge in [0.05, 0.1) is 16.1 Å². The number of nitrogens with one attached hydrogen (secondary N) is 2. The summed E-state index contributed by atoms with van der Waals surface area (Å²) in [6.45, 7) is 0. The van der Waals surface area contributed by atoms with E-state index in [0.717, 1.165) is 11.0 Å². The molecule has 0 atom stereocenters. The maximum atomic E-state index is 12.0. The number of benzene rings is 1. The van der Waals surface area contributed by atoms with Crippen LogP contribution in [0.3, 0.4) is 0 Å². The summed E-state index contributed by atoms with van der Waals surface area (Å²) < 4.78 is 0. The van der Waals surface area contributed by atoms with Gasteiger partial charge in [0.25, 0.3) is 5.91 Å². The van der Waals surface area contributed by atoms with E-state index in [1.54, 1.807) is 29.6 Å². The lowest BCUT2D eigenvalue weighted by Gasteiger charge is -1.98. The number of nitrogens with two attached hydrogens (primary N) is 1. The van der Waals surface area contributed by atoms with Gasteiger partial charge in [-0.25, -0.2) is 4.98 Å². The second-order valence-electron chi connectivity index (χ2n) is 3.91. The average Bonchev–Trinajstić information content (AvgIpc) is 2.94. The Labute approximate surface area is 117 Å². The standard InChI is InChI=1S/C12H9ClN4OS/c13-7-3-4-19-10(7)11(18)17-12-15-8-2-1-6(14)5-9(8)16-12/h1-5H,14H2,(H2,15,16,17,18). The number of H-pyrrole nitrogens is 1. The number of nitrogen functional groups attached to an aromatic ring is 1. The predicted octanol–water partition coefficient (Wildman–Crippen LogP) is 3.11. The minimum atomic E-state index is -0.285. The summed E-state index contributed by atoms with van der Waals surface area (Å²) in [6.07, 6.45) is 0. The van der Waals surface area contributed by atoms with E-state index >= 15 is 0 Å². The number of aromatic nitrogens is 2. The molecule has 3 aromatic rings. The molecule has 96 valence electrons. The molecule has 0 aliphatic rings. The number of amides is 1. The van der Waals surface area contributed by atoms with Gasteiger partial charge >= 0.3 is 0 Å². The maximum Gasteiger partial charge on any atom is 0.269 e. The number of imidazole rings is 1. The summed E-state index contributed by atoms with van der Waals surface area (Å²) >= 11 is 7.18. The Bertz CT molecular complexity index is 764. The van der Waals surface area contributed by atoms with E-state index in [-0.39, 0.29) is 5.91 Å². The number of halogens is 1. The summed E-state index contributed by atoms with van der Waals surface area (Å²) in [5.41, 5.74) is 7.82. The predicted molar refractivity (Wildman–Crippen MR) is 77.8 cm³/mol. The number of aromatic amines is 1. The van der Waals surface area contributed by atoms with Gasteiger partial charge in [-0.05, 0) is 29.6 Å². The zero-order valence-electron chi connectivity index (χ0n) is 9.61. The first-order valence-electron chi connectivity index (χ1n) is 5.43. The third-order valence-corrected chi connectivity index (χ3v) is 3.90. The molecule has 4 N–H and O–H groups in total. The zero-order chi connectivity index (χ0) is 13.4. The van der Waals surface area contributed by atoms with Crippen molar-refractivity contribution in [3.63, 3.8) is 0 Å². The first-order chi connectivity index (χ1) is 9.13. The Hall–Kier alpha value is -2.05. The van der Waals surface area contributed by atoms with Crippen molar-refractivity contribution in [2.24, 2.45) is 0 Å². The summed E-state index contributed by atoms with van der Waals surface area (Å²) in [4.78, 5) is 19.7. The largest absolute Gasteiger partial charge is 0.399 e. The van der Waals surface area contributed by atoms with E-state index in [4.69, 9.17) is 17.3 Å². The Morgan fingerprint density at radius 2 is 2.26 bits per heavy atom. The number of carbonyl (C=O) groups excluding carboxylic acids is 1. The monoisotopic (exact) mass is 292 g/mol. The fourth-order valence-electron chi connectivity index (χ4n) is 1.71. The molecule has 0 fully saturated rings. The van der Waals surface area contributed by atoms with Crippen LogP contribution >= 0.6 is 22.9 Å². The van der Waals surface area contributed by atoms with E-state index in [9.17, 15) is 4.79 Å². The van der Waals surface area contributed by atoms with Crippen LogP contribution in [-0.2, 0) is 0 Å². The van der Waals surface area contributed by atoms with Crippen LogP contribution in [-0.4, -0.2) is 15.9 Å². The first kappa shape index (κ1) is 12.0. The molecule has 5 nitrogen and oxygen atoms in total. The van der Waals surface area contributed by atoms with Crippen LogP contribution in [0.15, 0.2) is 29.6 Å². The molecule has 0 spiro atoms. The van der Waals surface area contributed by atoms with E-state index < -0.39 is 0 Å². The van der Waals surface area contributed by atoms with E-state index in [2.05, 4.69) is 15.3 Å². The van der Waals surface area contributed by atoms with Crippen molar-refractivity contribution in [1.29, 1.82) is 0 Å². The smallest absolute Gasteiger partial charge is 0.269 e. The van der Waals surface area contributed by atoms with E-state index in [1.807, 2.05) is 0 Å². The zero-order valence-corrected chi connectivity index (χ0v) is 11.2. The van der Waals surface area contributed by atoms with Crippen LogP contribution in [0.5, 0.6) is 0 Å². The van der Waals surface area contributed by atoms with Gasteiger partial charge in [-0.1, -0.05) is 11.6 Å². The topological polar surface area (TPSA) is 83.8 Å². The number of carbonyl (C=O) groups is 1. The highest BCUT2D eigenvalue weighted by Crippen LogP contribution is 2.23. The summed E-state index contributed by atoms with van der Waals surface area (Å²) in [6, 6.07) is 6.98. The summed E-state index contributed by atoms with van der Waals surface area (Å²) in [5.74, 6) is 0.0853. The number of hydrogen-bond acceptors (Lipinski definition) is 4. The highest BCUT2D eigenvalue weighted by molar-refractivity contribution is 7.12.